The van der Waals surface area contributed by atoms with E-state index in [9.17, 15) is 22.8 Å². The van der Waals surface area contributed by atoms with Crippen molar-refractivity contribution in [1.82, 2.24) is 10.3 Å². The minimum Gasteiger partial charge on any atom is -0.369 e. The van der Waals surface area contributed by atoms with Crippen molar-refractivity contribution in [3.05, 3.63) is 83.2 Å². The minimum absolute atomic E-state index is 0.0172. The van der Waals surface area contributed by atoms with Gasteiger partial charge in [0.25, 0.3) is 0 Å². The summed E-state index contributed by atoms with van der Waals surface area (Å²) in [6.07, 6.45) is 4.06. The summed E-state index contributed by atoms with van der Waals surface area (Å²) < 4.78 is 41.4. The van der Waals surface area contributed by atoms with Crippen LogP contribution in [0.3, 0.4) is 0 Å². The van der Waals surface area contributed by atoms with E-state index in [-0.39, 0.29) is 12.3 Å². The van der Waals surface area contributed by atoms with Gasteiger partial charge in [-0.05, 0) is 41.8 Å². The highest BCUT2D eigenvalue weighted by atomic mass is 35.5. The Bertz CT molecular complexity index is 1040. The average molecular weight is 450 g/mol. The van der Waals surface area contributed by atoms with Crippen LogP contribution in [0.25, 0.3) is 5.57 Å². The molecule has 1 aliphatic rings. The molecule has 2 unspecified atom stereocenters. The van der Waals surface area contributed by atoms with Crippen LogP contribution in [0, 0.1) is 17.6 Å². The molecule has 0 spiro atoms. The summed E-state index contributed by atoms with van der Waals surface area (Å²) in [4.78, 5) is 28.0. The number of carbonyl (C=O) groups is 2. The zero-order valence-electron chi connectivity index (χ0n) is 16.2. The number of aromatic nitrogens is 1. The molecule has 3 rings (SSSR count). The van der Waals surface area contributed by atoms with E-state index in [4.69, 9.17) is 17.3 Å². The predicted molar refractivity (Wildman–Crippen MR) is 111 cm³/mol. The quantitative estimate of drug-likeness (QED) is 0.635. The lowest BCUT2D eigenvalue weighted by Gasteiger charge is -2.23. The molecule has 3 atom stereocenters. The molecule has 2 aromatic rings. The van der Waals surface area contributed by atoms with Gasteiger partial charge in [0.1, 0.15) is 23.7 Å². The number of hydrogen-bond acceptors (Lipinski definition) is 3. The van der Waals surface area contributed by atoms with Crippen LogP contribution in [0.2, 0.25) is 0 Å². The van der Waals surface area contributed by atoms with E-state index in [0.29, 0.717) is 22.4 Å². The fourth-order valence-electron chi connectivity index (χ4n) is 3.43. The monoisotopic (exact) mass is 449 g/mol. The standard InChI is InChI=1S/C22H19ClF3N3O2/c23-11-20(30)29-19(8-12-6-14(24)10-15(25)7-12)21-16(2-1-5-28-21)13-3-4-18(26)17(9-13)22(27)31/h1-7,9-10,17-19H,8,11H2,(H2,27,31)(H,29,30)/t17?,18?,19-/m0/s1. The van der Waals surface area contributed by atoms with Gasteiger partial charge in [-0.1, -0.05) is 18.2 Å². The molecule has 0 saturated heterocycles. The van der Waals surface area contributed by atoms with Gasteiger partial charge >= 0.3 is 0 Å². The molecular formula is C22H19ClF3N3O2. The van der Waals surface area contributed by atoms with Crippen LogP contribution in [-0.2, 0) is 16.0 Å². The number of alkyl halides is 2. The summed E-state index contributed by atoms with van der Waals surface area (Å²) in [5.74, 6) is -4.31. The Balaban J connectivity index is 2.04. The topological polar surface area (TPSA) is 85.1 Å². The Morgan fingerprint density at radius 2 is 1.94 bits per heavy atom. The second-order valence-corrected chi connectivity index (χ2v) is 7.29. The van der Waals surface area contributed by atoms with E-state index < -0.39 is 41.6 Å². The first-order valence-corrected chi connectivity index (χ1v) is 9.91. The van der Waals surface area contributed by atoms with Gasteiger partial charge in [0.05, 0.1) is 17.7 Å². The van der Waals surface area contributed by atoms with E-state index in [1.54, 1.807) is 12.1 Å². The van der Waals surface area contributed by atoms with Crippen molar-refractivity contribution >= 4 is 29.0 Å². The zero-order valence-corrected chi connectivity index (χ0v) is 17.0. The van der Waals surface area contributed by atoms with Crippen molar-refractivity contribution in [1.29, 1.82) is 0 Å². The molecule has 0 radical (unpaired) electrons. The molecule has 0 bridgehead atoms. The maximum absolute atomic E-state index is 14.0. The highest BCUT2D eigenvalue weighted by Gasteiger charge is 2.28. The van der Waals surface area contributed by atoms with Gasteiger partial charge < -0.3 is 11.1 Å². The predicted octanol–water partition coefficient (Wildman–Crippen LogP) is 3.39. The van der Waals surface area contributed by atoms with Gasteiger partial charge in [-0.3, -0.25) is 14.6 Å². The number of nitrogens with one attached hydrogen (secondary N) is 1. The summed E-state index contributed by atoms with van der Waals surface area (Å²) >= 11 is 5.63. The lowest BCUT2D eigenvalue weighted by atomic mass is 9.88. The number of hydrogen-bond donors (Lipinski definition) is 2. The number of rotatable bonds is 7. The first kappa shape index (κ1) is 22.6. The molecule has 162 valence electrons. The van der Waals surface area contributed by atoms with Gasteiger partial charge in [-0.25, -0.2) is 13.2 Å². The van der Waals surface area contributed by atoms with Crippen LogP contribution < -0.4 is 11.1 Å². The van der Waals surface area contributed by atoms with Crippen LogP contribution in [0.1, 0.15) is 22.9 Å². The number of nitrogens with two attached hydrogens (primary N) is 1. The third-order valence-electron chi connectivity index (χ3n) is 4.79. The van der Waals surface area contributed by atoms with Crippen LogP contribution >= 0.6 is 11.6 Å². The van der Waals surface area contributed by atoms with Gasteiger partial charge in [-0.15, -0.1) is 11.6 Å². The molecule has 0 aliphatic heterocycles. The SMILES string of the molecule is NC(=O)C1C=C(c2cccnc2[C@H](Cc2cc(F)cc(F)c2)NC(=O)CCl)C=CC1F. The molecule has 1 heterocycles. The van der Waals surface area contributed by atoms with Crippen molar-refractivity contribution < 1.29 is 22.8 Å². The number of allylic oxidation sites excluding steroid dienone is 3. The first-order chi connectivity index (χ1) is 14.8. The lowest BCUT2D eigenvalue weighted by molar-refractivity contribution is -0.121. The molecule has 0 fully saturated rings. The van der Waals surface area contributed by atoms with E-state index in [1.807, 2.05) is 0 Å². The van der Waals surface area contributed by atoms with Gasteiger partial charge in [0.2, 0.25) is 11.8 Å². The van der Waals surface area contributed by atoms with Crippen molar-refractivity contribution in [2.24, 2.45) is 11.7 Å². The van der Waals surface area contributed by atoms with Crippen LogP contribution in [0.4, 0.5) is 13.2 Å². The number of carbonyl (C=O) groups excluding carboxylic acids is 2. The van der Waals surface area contributed by atoms with Crippen molar-refractivity contribution in [3.8, 4) is 0 Å². The lowest BCUT2D eigenvalue weighted by Crippen LogP contribution is -2.32. The smallest absolute Gasteiger partial charge is 0.235 e. The van der Waals surface area contributed by atoms with E-state index in [2.05, 4.69) is 10.3 Å². The summed E-state index contributed by atoms with van der Waals surface area (Å²) in [5, 5.41) is 2.70. The molecule has 5 nitrogen and oxygen atoms in total. The highest BCUT2D eigenvalue weighted by Crippen LogP contribution is 2.31. The number of benzene rings is 1. The Kier molecular flexibility index (Phi) is 7.12. The fourth-order valence-corrected chi connectivity index (χ4v) is 3.50. The third-order valence-corrected chi connectivity index (χ3v) is 5.03. The molecule has 3 N–H and O–H groups in total. The number of amides is 2. The molecule has 0 saturated carbocycles. The summed E-state index contributed by atoms with van der Waals surface area (Å²) in [6.45, 7) is 0. The molecule has 31 heavy (non-hydrogen) atoms. The second-order valence-electron chi connectivity index (χ2n) is 7.03. The molecule has 1 aromatic carbocycles. The van der Waals surface area contributed by atoms with Gasteiger partial charge in [0, 0.05) is 17.8 Å². The largest absolute Gasteiger partial charge is 0.369 e. The first-order valence-electron chi connectivity index (χ1n) is 9.37. The Hall–Kier alpha value is -3.13. The number of pyridine rings is 1. The number of halogens is 4. The number of nitrogens with zero attached hydrogens (tertiary/aromatic N) is 1. The Labute approximate surface area is 181 Å². The Morgan fingerprint density at radius 3 is 2.58 bits per heavy atom. The average Bonchev–Trinajstić information content (AvgIpc) is 2.72. The fraction of sp³-hybridized carbons (Fsp3) is 0.227. The van der Waals surface area contributed by atoms with Crippen molar-refractivity contribution in [3.63, 3.8) is 0 Å². The van der Waals surface area contributed by atoms with Crippen LogP contribution in [0.15, 0.2) is 54.8 Å². The highest BCUT2D eigenvalue weighted by molar-refractivity contribution is 6.27. The molecule has 9 heteroatoms. The Morgan fingerprint density at radius 1 is 1.23 bits per heavy atom. The van der Waals surface area contributed by atoms with Crippen LogP contribution in [0.5, 0.6) is 0 Å². The van der Waals surface area contributed by atoms with Gasteiger partial charge in [-0.2, -0.15) is 0 Å². The normalized spacial score (nSPS) is 18.9. The maximum atomic E-state index is 14.0. The van der Waals surface area contributed by atoms with E-state index in [1.165, 1.54) is 24.4 Å². The van der Waals surface area contributed by atoms with Crippen LogP contribution in [-0.4, -0.2) is 28.9 Å². The summed E-state index contributed by atoms with van der Waals surface area (Å²) in [5.41, 5.74) is 6.94. The molecule has 1 aromatic heterocycles. The van der Waals surface area contributed by atoms with Gasteiger partial charge in [0.15, 0.2) is 0 Å². The van der Waals surface area contributed by atoms with E-state index >= 15 is 0 Å². The zero-order chi connectivity index (χ0) is 22.5. The third kappa shape index (κ3) is 5.52. The molecular weight excluding hydrogens is 431 g/mol. The maximum Gasteiger partial charge on any atom is 0.235 e. The van der Waals surface area contributed by atoms with Crippen molar-refractivity contribution in [2.75, 3.05) is 5.88 Å². The van der Waals surface area contributed by atoms with E-state index in [0.717, 1.165) is 18.2 Å². The second kappa shape index (κ2) is 9.78. The molecule has 1 aliphatic carbocycles. The molecule has 2 amide bonds. The van der Waals surface area contributed by atoms with Crippen molar-refractivity contribution in [2.45, 2.75) is 18.6 Å². The summed E-state index contributed by atoms with van der Waals surface area (Å²) in [7, 11) is 0. The number of primary amides is 1. The minimum atomic E-state index is -1.55. The summed E-state index contributed by atoms with van der Waals surface area (Å²) in [6, 6.07) is 5.58.